The van der Waals surface area contributed by atoms with Crippen LogP contribution in [0.1, 0.15) is 43.8 Å². The summed E-state index contributed by atoms with van der Waals surface area (Å²) in [6, 6.07) is 20.6. The van der Waals surface area contributed by atoms with E-state index < -0.39 is 0 Å². The van der Waals surface area contributed by atoms with Crippen LogP contribution in [0, 0.1) is 6.92 Å². The van der Waals surface area contributed by atoms with E-state index in [0.717, 1.165) is 29.7 Å². The number of benzene rings is 3. The maximum absolute atomic E-state index is 13.0. The van der Waals surface area contributed by atoms with E-state index in [1.54, 1.807) is 35.2 Å². The number of carbonyl (C=O) groups is 2. The van der Waals surface area contributed by atoms with Gasteiger partial charge in [0.2, 0.25) is 0 Å². The molecule has 0 aliphatic carbocycles. The molecule has 1 heterocycles. The number of nitrogens with zero attached hydrogens (tertiary/aromatic N) is 1. The van der Waals surface area contributed by atoms with Crippen molar-refractivity contribution in [2.45, 2.75) is 26.3 Å². The van der Waals surface area contributed by atoms with E-state index in [1.807, 2.05) is 43.3 Å². The Bertz CT molecular complexity index is 1080. The standard InChI is InChI=1S/C25H23ClN2O2/c1-17-4-6-18(7-5-17)16-27-24(29)21-10-13-23-20(15-21)3-2-14-28(23)25(30)19-8-11-22(26)12-9-19/h4-13,15H,2-3,14,16H2,1H3,(H,27,29). The van der Waals surface area contributed by atoms with Gasteiger partial charge in [-0.05, 0) is 73.4 Å². The molecular weight excluding hydrogens is 396 g/mol. The zero-order valence-corrected chi connectivity index (χ0v) is 17.6. The summed E-state index contributed by atoms with van der Waals surface area (Å²) in [6.45, 7) is 3.18. The lowest BCUT2D eigenvalue weighted by atomic mass is 9.98. The number of halogens is 1. The molecule has 5 heteroatoms. The summed E-state index contributed by atoms with van der Waals surface area (Å²) in [5.41, 5.74) is 5.36. The van der Waals surface area contributed by atoms with Crippen molar-refractivity contribution in [1.29, 1.82) is 0 Å². The molecule has 1 aliphatic rings. The summed E-state index contributed by atoms with van der Waals surface area (Å²) >= 11 is 5.94. The highest BCUT2D eigenvalue weighted by atomic mass is 35.5. The highest BCUT2D eigenvalue weighted by Gasteiger charge is 2.24. The monoisotopic (exact) mass is 418 g/mol. The van der Waals surface area contributed by atoms with Gasteiger partial charge >= 0.3 is 0 Å². The topological polar surface area (TPSA) is 49.4 Å². The van der Waals surface area contributed by atoms with Crippen LogP contribution in [0.15, 0.2) is 66.7 Å². The first-order chi connectivity index (χ1) is 14.5. The number of rotatable bonds is 4. The summed E-state index contributed by atoms with van der Waals surface area (Å²) in [7, 11) is 0. The number of amides is 2. The van der Waals surface area contributed by atoms with Crippen LogP contribution in [0.2, 0.25) is 5.02 Å². The smallest absolute Gasteiger partial charge is 0.258 e. The van der Waals surface area contributed by atoms with Crippen LogP contribution in [-0.4, -0.2) is 18.4 Å². The van der Waals surface area contributed by atoms with Crippen molar-refractivity contribution < 1.29 is 9.59 Å². The Morgan fingerprint density at radius 2 is 1.67 bits per heavy atom. The van der Waals surface area contributed by atoms with E-state index in [1.165, 1.54) is 5.56 Å². The molecular formula is C25H23ClN2O2. The first-order valence-electron chi connectivity index (χ1n) is 10.1. The Hall–Kier alpha value is -3.11. The van der Waals surface area contributed by atoms with Crippen molar-refractivity contribution >= 4 is 29.1 Å². The minimum atomic E-state index is -0.112. The van der Waals surface area contributed by atoms with E-state index >= 15 is 0 Å². The largest absolute Gasteiger partial charge is 0.348 e. The second-order valence-corrected chi connectivity index (χ2v) is 8.02. The molecule has 0 aromatic heterocycles. The van der Waals surface area contributed by atoms with E-state index in [0.29, 0.717) is 29.2 Å². The maximum Gasteiger partial charge on any atom is 0.258 e. The first-order valence-corrected chi connectivity index (χ1v) is 10.4. The van der Waals surface area contributed by atoms with Gasteiger partial charge in [-0.2, -0.15) is 0 Å². The third-order valence-electron chi connectivity index (χ3n) is 5.37. The fraction of sp³-hybridized carbons (Fsp3) is 0.200. The first kappa shape index (κ1) is 20.2. The molecule has 1 aliphatic heterocycles. The van der Waals surface area contributed by atoms with Crippen LogP contribution in [0.25, 0.3) is 0 Å². The molecule has 4 rings (SSSR count). The number of nitrogens with one attached hydrogen (secondary N) is 1. The molecule has 1 N–H and O–H groups in total. The number of carbonyl (C=O) groups excluding carboxylic acids is 2. The van der Waals surface area contributed by atoms with Crippen LogP contribution in [-0.2, 0) is 13.0 Å². The molecule has 3 aromatic rings. The van der Waals surface area contributed by atoms with E-state index in [2.05, 4.69) is 5.32 Å². The van der Waals surface area contributed by atoms with Crippen LogP contribution < -0.4 is 10.2 Å². The van der Waals surface area contributed by atoms with Crippen molar-refractivity contribution in [2.24, 2.45) is 0 Å². The molecule has 0 fully saturated rings. The molecule has 0 saturated heterocycles. The Morgan fingerprint density at radius 1 is 0.967 bits per heavy atom. The zero-order chi connectivity index (χ0) is 21.1. The molecule has 0 atom stereocenters. The zero-order valence-electron chi connectivity index (χ0n) is 16.8. The van der Waals surface area contributed by atoms with Gasteiger partial charge in [0.05, 0.1) is 0 Å². The summed E-state index contributed by atoms with van der Waals surface area (Å²) in [5, 5.41) is 3.58. The number of hydrogen-bond donors (Lipinski definition) is 1. The Morgan fingerprint density at radius 3 is 2.40 bits per heavy atom. The number of aryl methyl sites for hydroxylation is 2. The predicted molar refractivity (Wildman–Crippen MR) is 120 cm³/mol. The average Bonchev–Trinajstić information content (AvgIpc) is 2.77. The van der Waals surface area contributed by atoms with Crippen LogP contribution in [0.3, 0.4) is 0 Å². The average molecular weight is 419 g/mol. The molecule has 152 valence electrons. The molecule has 0 unspecified atom stereocenters. The number of anilines is 1. The van der Waals surface area contributed by atoms with Gasteiger partial charge in [0.15, 0.2) is 0 Å². The fourth-order valence-corrected chi connectivity index (χ4v) is 3.81. The van der Waals surface area contributed by atoms with Gasteiger partial charge in [0, 0.05) is 34.9 Å². The Labute approximate surface area is 181 Å². The summed E-state index contributed by atoms with van der Waals surface area (Å²) in [6.07, 6.45) is 1.71. The van der Waals surface area contributed by atoms with Crippen molar-refractivity contribution in [3.05, 3.63) is 99.6 Å². The minimum absolute atomic E-state index is 0.0517. The van der Waals surface area contributed by atoms with Crippen LogP contribution in [0.4, 0.5) is 5.69 Å². The normalized spacial score (nSPS) is 12.9. The molecule has 4 nitrogen and oxygen atoms in total. The van der Waals surface area contributed by atoms with Gasteiger partial charge in [-0.15, -0.1) is 0 Å². The molecule has 0 bridgehead atoms. The summed E-state index contributed by atoms with van der Waals surface area (Å²) in [4.78, 5) is 27.4. The molecule has 2 amide bonds. The van der Waals surface area contributed by atoms with Gasteiger partial charge in [-0.25, -0.2) is 0 Å². The van der Waals surface area contributed by atoms with Crippen LogP contribution in [0.5, 0.6) is 0 Å². The molecule has 3 aromatic carbocycles. The van der Waals surface area contributed by atoms with Gasteiger partial charge < -0.3 is 10.2 Å². The summed E-state index contributed by atoms with van der Waals surface area (Å²) < 4.78 is 0. The SMILES string of the molecule is Cc1ccc(CNC(=O)c2ccc3c(c2)CCCN3C(=O)c2ccc(Cl)cc2)cc1. The van der Waals surface area contributed by atoms with E-state index in [9.17, 15) is 9.59 Å². The Kier molecular flexibility index (Phi) is 5.86. The van der Waals surface area contributed by atoms with Gasteiger partial charge in [-0.3, -0.25) is 9.59 Å². The van der Waals surface area contributed by atoms with Gasteiger partial charge in [0.25, 0.3) is 11.8 Å². The molecule has 30 heavy (non-hydrogen) atoms. The van der Waals surface area contributed by atoms with Crippen molar-refractivity contribution in [3.8, 4) is 0 Å². The molecule has 0 saturated carbocycles. The lowest BCUT2D eigenvalue weighted by Crippen LogP contribution is -2.35. The third-order valence-corrected chi connectivity index (χ3v) is 5.62. The van der Waals surface area contributed by atoms with Crippen LogP contribution >= 0.6 is 11.6 Å². The third kappa shape index (κ3) is 4.39. The second-order valence-electron chi connectivity index (χ2n) is 7.58. The lowest BCUT2D eigenvalue weighted by Gasteiger charge is -2.30. The maximum atomic E-state index is 13.0. The quantitative estimate of drug-likeness (QED) is 0.635. The predicted octanol–water partition coefficient (Wildman–Crippen LogP) is 5.17. The van der Waals surface area contributed by atoms with Crippen molar-refractivity contribution in [1.82, 2.24) is 5.32 Å². The summed E-state index contributed by atoms with van der Waals surface area (Å²) in [5.74, 6) is -0.163. The van der Waals surface area contributed by atoms with E-state index in [4.69, 9.17) is 11.6 Å². The van der Waals surface area contributed by atoms with E-state index in [-0.39, 0.29) is 11.8 Å². The number of fused-ring (bicyclic) bond motifs is 1. The van der Waals surface area contributed by atoms with Crippen molar-refractivity contribution in [3.63, 3.8) is 0 Å². The highest BCUT2D eigenvalue weighted by molar-refractivity contribution is 6.30. The molecule has 0 spiro atoms. The highest BCUT2D eigenvalue weighted by Crippen LogP contribution is 2.29. The second kappa shape index (κ2) is 8.72. The molecule has 0 radical (unpaired) electrons. The van der Waals surface area contributed by atoms with Gasteiger partial charge in [-0.1, -0.05) is 41.4 Å². The fourth-order valence-electron chi connectivity index (χ4n) is 3.69. The minimum Gasteiger partial charge on any atom is -0.348 e. The number of hydrogen-bond acceptors (Lipinski definition) is 2. The lowest BCUT2D eigenvalue weighted by molar-refractivity contribution is 0.0950. The Balaban J connectivity index is 1.49. The van der Waals surface area contributed by atoms with Crippen molar-refractivity contribution in [2.75, 3.05) is 11.4 Å². The van der Waals surface area contributed by atoms with Gasteiger partial charge in [0.1, 0.15) is 0 Å².